The summed E-state index contributed by atoms with van der Waals surface area (Å²) >= 11 is 0. The first-order valence-electron chi connectivity index (χ1n) is 6.48. The van der Waals surface area contributed by atoms with Crippen molar-refractivity contribution in [3.8, 4) is 6.07 Å². The van der Waals surface area contributed by atoms with Crippen molar-refractivity contribution in [2.75, 3.05) is 6.54 Å². The molecular formula is C15H20N2. The number of benzene rings is 1. The minimum absolute atomic E-state index is 0.514. The molecule has 1 fully saturated rings. The first-order chi connectivity index (χ1) is 8.29. The van der Waals surface area contributed by atoms with Gasteiger partial charge < -0.3 is 0 Å². The lowest BCUT2D eigenvalue weighted by Gasteiger charge is -2.33. The van der Waals surface area contributed by atoms with Crippen LogP contribution in [0.1, 0.15) is 37.3 Å². The topological polar surface area (TPSA) is 27.0 Å². The van der Waals surface area contributed by atoms with E-state index in [1.807, 2.05) is 0 Å². The van der Waals surface area contributed by atoms with E-state index >= 15 is 0 Å². The van der Waals surface area contributed by atoms with Crippen LogP contribution in [-0.4, -0.2) is 17.5 Å². The molecule has 1 aromatic carbocycles. The Morgan fingerprint density at radius 1 is 1.24 bits per heavy atom. The first kappa shape index (κ1) is 12.1. The standard InChI is InChI=1S/C15H20N2/c1-13-4-2-3-11-17(13)12-15-7-5-14(6-8-15)9-10-16/h5-8,13H,2-4,9,11-12H2,1H3. The molecule has 90 valence electrons. The Hall–Kier alpha value is -1.33. The summed E-state index contributed by atoms with van der Waals surface area (Å²) in [6.07, 6.45) is 4.54. The van der Waals surface area contributed by atoms with Crippen molar-refractivity contribution in [2.24, 2.45) is 0 Å². The van der Waals surface area contributed by atoms with Crippen LogP contribution in [0, 0.1) is 11.3 Å². The summed E-state index contributed by atoms with van der Waals surface area (Å²) in [5, 5.41) is 8.63. The van der Waals surface area contributed by atoms with Crippen LogP contribution in [0.15, 0.2) is 24.3 Å². The van der Waals surface area contributed by atoms with Crippen molar-refractivity contribution in [1.82, 2.24) is 4.90 Å². The highest BCUT2D eigenvalue weighted by atomic mass is 15.2. The van der Waals surface area contributed by atoms with Crippen molar-refractivity contribution in [3.05, 3.63) is 35.4 Å². The third-order valence-corrected chi connectivity index (χ3v) is 3.63. The second-order valence-electron chi connectivity index (χ2n) is 4.97. The van der Waals surface area contributed by atoms with E-state index in [-0.39, 0.29) is 0 Å². The fourth-order valence-corrected chi connectivity index (χ4v) is 2.48. The van der Waals surface area contributed by atoms with Gasteiger partial charge in [-0.3, -0.25) is 4.90 Å². The Balaban J connectivity index is 1.96. The van der Waals surface area contributed by atoms with Crippen LogP contribution in [0.5, 0.6) is 0 Å². The minimum atomic E-state index is 0.514. The molecule has 0 aliphatic carbocycles. The number of nitriles is 1. The lowest BCUT2D eigenvalue weighted by atomic mass is 10.0. The summed E-state index contributed by atoms with van der Waals surface area (Å²) in [6.45, 7) is 4.60. The molecule has 1 aliphatic rings. The maximum atomic E-state index is 8.63. The second-order valence-corrected chi connectivity index (χ2v) is 4.97. The summed E-state index contributed by atoms with van der Waals surface area (Å²) in [5.41, 5.74) is 2.48. The molecule has 1 atom stereocenters. The lowest BCUT2D eigenvalue weighted by molar-refractivity contribution is 0.152. The van der Waals surface area contributed by atoms with Crippen LogP contribution >= 0.6 is 0 Å². The van der Waals surface area contributed by atoms with E-state index in [2.05, 4.69) is 42.2 Å². The van der Waals surface area contributed by atoms with Gasteiger partial charge in [-0.25, -0.2) is 0 Å². The number of likely N-dealkylation sites (tertiary alicyclic amines) is 1. The van der Waals surface area contributed by atoms with Crippen molar-refractivity contribution in [2.45, 2.75) is 45.2 Å². The van der Waals surface area contributed by atoms with E-state index < -0.39 is 0 Å². The van der Waals surface area contributed by atoms with Gasteiger partial charge in [-0.05, 0) is 37.4 Å². The molecule has 1 aromatic rings. The van der Waals surface area contributed by atoms with Crippen LogP contribution in [0.3, 0.4) is 0 Å². The van der Waals surface area contributed by atoms with Crippen LogP contribution < -0.4 is 0 Å². The molecule has 0 amide bonds. The summed E-state index contributed by atoms with van der Waals surface area (Å²) in [7, 11) is 0. The average Bonchev–Trinajstić information content (AvgIpc) is 2.35. The molecule has 2 rings (SSSR count). The minimum Gasteiger partial charge on any atom is -0.296 e. The third-order valence-electron chi connectivity index (χ3n) is 3.63. The number of piperidine rings is 1. The molecule has 0 aromatic heterocycles. The average molecular weight is 228 g/mol. The summed E-state index contributed by atoms with van der Waals surface area (Å²) in [6, 6.07) is 11.4. The van der Waals surface area contributed by atoms with E-state index in [4.69, 9.17) is 5.26 Å². The van der Waals surface area contributed by atoms with Crippen molar-refractivity contribution < 1.29 is 0 Å². The monoisotopic (exact) mass is 228 g/mol. The van der Waals surface area contributed by atoms with E-state index in [1.54, 1.807) is 0 Å². The highest BCUT2D eigenvalue weighted by Gasteiger charge is 2.17. The van der Waals surface area contributed by atoms with Gasteiger partial charge in [0.05, 0.1) is 12.5 Å². The number of hydrogen-bond donors (Lipinski definition) is 0. The fraction of sp³-hybridized carbons (Fsp3) is 0.533. The SMILES string of the molecule is CC1CCCCN1Cc1ccc(CC#N)cc1. The Bertz CT molecular complexity index is 388. The summed E-state index contributed by atoms with van der Waals surface area (Å²) < 4.78 is 0. The molecule has 2 heteroatoms. The highest BCUT2D eigenvalue weighted by molar-refractivity contribution is 5.24. The third kappa shape index (κ3) is 3.31. The summed E-state index contributed by atoms with van der Waals surface area (Å²) in [5.74, 6) is 0. The van der Waals surface area contributed by atoms with Gasteiger partial charge in [0.25, 0.3) is 0 Å². The van der Waals surface area contributed by atoms with Crippen LogP contribution in [0.4, 0.5) is 0 Å². The molecule has 0 spiro atoms. The molecule has 0 bridgehead atoms. The normalized spacial score (nSPS) is 21.1. The Morgan fingerprint density at radius 2 is 1.94 bits per heavy atom. The van der Waals surface area contributed by atoms with E-state index in [0.717, 1.165) is 12.1 Å². The van der Waals surface area contributed by atoms with Crippen molar-refractivity contribution in [1.29, 1.82) is 5.26 Å². The predicted octanol–water partition coefficient (Wildman–Crippen LogP) is 3.13. The quantitative estimate of drug-likeness (QED) is 0.794. The molecule has 0 radical (unpaired) electrons. The van der Waals surface area contributed by atoms with Gasteiger partial charge in [0.1, 0.15) is 0 Å². The smallest absolute Gasteiger partial charge is 0.0669 e. The number of nitrogens with zero attached hydrogens (tertiary/aromatic N) is 2. The lowest BCUT2D eigenvalue weighted by Crippen LogP contribution is -2.36. The van der Waals surface area contributed by atoms with E-state index in [1.165, 1.54) is 31.4 Å². The largest absolute Gasteiger partial charge is 0.296 e. The van der Waals surface area contributed by atoms with Gasteiger partial charge in [0.15, 0.2) is 0 Å². The molecule has 17 heavy (non-hydrogen) atoms. The molecular weight excluding hydrogens is 208 g/mol. The Morgan fingerprint density at radius 3 is 2.59 bits per heavy atom. The van der Waals surface area contributed by atoms with Gasteiger partial charge in [-0.15, -0.1) is 0 Å². The Labute approximate surface area is 104 Å². The molecule has 1 aliphatic heterocycles. The van der Waals surface area contributed by atoms with Gasteiger partial charge in [-0.2, -0.15) is 5.26 Å². The maximum Gasteiger partial charge on any atom is 0.0669 e. The molecule has 0 N–H and O–H groups in total. The predicted molar refractivity (Wildman–Crippen MR) is 69.5 cm³/mol. The molecule has 2 nitrogen and oxygen atoms in total. The van der Waals surface area contributed by atoms with Gasteiger partial charge in [0, 0.05) is 12.6 Å². The fourth-order valence-electron chi connectivity index (χ4n) is 2.48. The molecule has 0 saturated carbocycles. The van der Waals surface area contributed by atoms with Gasteiger partial charge in [0.2, 0.25) is 0 Å². The van der Waals surface area contributed by atoms with Gasteiger partial charge in [-0.1, -0.05) is 30.7 Å². The van der Waals surface area contributed by atoms with Crippen LogP contribution in [0.25, 0.3) is 0 Å². The van der Waals surface area contributed by atoms with Crippen molar-refractivity contribution >= 4 is 0 Å². The summed E-state index contributed by atoms with van der Waals surface area (Å²) in [4.78, 5) is 2.56. The highest BCUT2D eigenvalue weighted by Crippen LogP contribution is 2.19. The van der Waals surface area contributed by atoms with E-state index in [9.17, 15) is 0 Å². The Kier molecular flexibility index (Phi) is 4.17. The second kappa shape index (κ2) is 5.84. The van der Waals surface area contributed by atoms with Crippen molar-refractivity contribution in [3.63, 3.8) is 0 Å². The van der Waals surface area contributed by atoms with Crippen LogP contribution in [0.2, 0.25) is 0 Å². The molecule has 1 heterocycles. The maximum absolute atomic E-state index is 8.63. The van der Waals surface area contributed by atoms with Crippen LogP contribution in [-0.2, 0) is 13.0 Å². The van der Waals surface area contributed by atoms with Gasteiger partial charge >= 0.3 is 0 Å². The zero-order valence-electron chi connectivity index (χ0n) is 10.5. The number of rotatable bonds is 3. The number of hydrogen-bond acceptors (Lipinski definition) is 2. The zero-order chi connectivity index (χ0) is 12.1. The molecule has 1 unspecified atom stereocenters. The molecule has 1 saturated heterocycles. The zero-order valence-corrected chi connectivity index (χ0v) is 10.5. The van der Waals surface area contributed by atoms with E-state index in [0.29, 0.717) is 12.5 Å². The first-order valence-corrected chi connectivity index (χ1v) is 6.48.